The Morgan fingerprint density at radius 1 is 1.20 bits per heavy atom. The molecule has 3 aliphatic carbocycles. The summed E-state index contributed by atoms with van der Waals surface area (Å²) in [4.78, 5) is 0. The van der Waals surface area contributed by atoms with Crippen LogP contribution in [0, 0.1) is 11.3 Å². The lowest BCUT2D eigenvalue weighted by Gasteiger charge is -2.40. The van der Waals surface area contributed by atoms with Crippen LogP contribution in [0.4, 0.5) is 0 Å². The van der Waals surface area contributed by atoms with Crippen LogP contribution < -0.4 is 0 Å². The van der Waals surface area contributed by atoms with Crippen molar-refractivity contribution in [3.8, 4) is 0 Å². The minimum atomic E-state index is 0.653. The van der Waals surface area contributed by atoms with E-state index >= 15 is 0 Å². The molecule has 0 heteroatoms. The van der Waals surface area contributed by atoms with Crippen molar-refractivity contribution in [3.05, 3.63) is 46.5 Å². The Labute approximate surface area is 123 Å². The Bertz CT molecular complexity index is 551. The van der Waals surface area contributed by atoms with Crippen LogP contribution >= 0.6 is 0 Å². The fourth-order valence-electron chi connectivity index (χ4n) is 4.97. The van der Waals surface area contributed by atoms with E-state index in [1.807, 2.05) is 0 Å². The van der Waals surface area contributed by atoms with Crippen LogP contribution in [0.2, 0.25) is 0 Å². The van der Waals surface area contributed by atoms with Gasteiger partial charge in [0.15, 0.2) is 0 Å². The first-order valence-electron chi connectivity index (χ1n) is 8.58. The van der Waals surface area contributed by atoms with Gasteiger partial charge in [0.1, 0.15) is 0 Å². The third-order valence-electron chi connectivity index (χ3n) is 6.17. The maximum atomic E-state index is 2.55. The van der Waals surface area contributed by atoms with Crippen molar-refractivity contribution in [2.75, 3.05) is 0 Å². The molecule has 0 heterocycles. The molecule has 0 aromatic heterocycles. The molecule has 2 unspecified atom stereocenters. The largest absolute Gasteiger partial charge is 0.0850 e. The molecule has 1 aromatic carbocycles. The molecule has 2 bridgehead atoms. The average molecular weight is 266 g/mol. The van der Waals surface area contributed by atoms with E-state index in [0.717, 1.165) is 5.92 Å². The van der Waals surface area contributed by atoms with Crippen LogP contribution in [0.15, 0.2) is 29.8 Å². The highest BCUT2D eigenvalue weighted by molar-refractivity contribution is 5.38. The van der Waals surface area contributed by atoms with Gasteiger partial charge in [0.05, 0.1) is 0 Å². The van der Waals surface area contributed by atoms with E-state index in [-0.39, 0.29) is 0 Å². The topological polar surface area (TPSA) is 0 Å². The summed E-state index contributed by atoms with van der Waals surface area (Å²) in [6.45, 7) is 2.29. The van der Waals surface area contributed by atoms with Crippen molar-refractivity contribution < 1.29 is 0 Å². The fraction of sp³-hybridized carbons (Fsp3) is 0.600. The second-order valence-electron chi connectivity index (χ2n) is 7.42. The first-order chi connectivity index (χ1) is 9.79. The van der Waals surface area contributed by atoms with E-state index in [0.29, 0.717) is 5.41 Å². The molecular formula is C20H26. The first-order valence-corrected chi connectivity index (χ1v) is 8.58. The highest BCUT2D eigenvalue weighted by atomic mass is 14.5. The zero-order chi connectivity index (χ0) is 13.6. The van der Waals surface area contributed by atoms with Crippen LogP contribution in [0.25, 0.3) is 0 Å². The molecule has 0 nitrogen and oxygen atoms in total. The van der Waals surface area contributed by atoms with Crippen LogP contribution in [0.5, 0.6) is 0 Å². The average Bonchev–Trinajstić information content (AvgIpc) is 3.05. The number of aryl methyl sites for hydroxylation is 2. The molecular weight excluding hydrogens is 240 g/mol. The molecule has 4 rings (SSSR count). The zero-order valence-electron chi connectivity index (χ0n) is 12.8. The minimum absolute atomic E-state index is 0.653. The molecule has 1 saturated carbocycles. The van der Waals surface area contributed by atoms with Crippen molar-refractivity contribution >= 4 is 0 Å². The summed E-state index contributed by atoms with van der Waals surface area (Å²) in [6, 6.07) is 7.36. The van der Waals surface area contributed by atoms with Gasteiger partial charge in [0.25, 0.3) is 0 Å². The summed E-state index contributed by atoms with van der Waals surface area (Å²) < 4.78 is 0. The second-order valence-corrected chi connectivity index (χ2v) is 7.42. The van der Waals surface area contributed by atoms with E-state index in [2.05, 4.69) is 31.2 Å². The van der Waals surface area contributed by atoms with Crippen LogP contribution in [-0.2, 0) is 19.3 Å². The normalized spacial score (nSPS) is 30.6. The molecule has 3 aliphatic rings. The molecule has 0 N–H and O–H groups in total. The van der Waals surface area contributed by atoms with Crippen molar-refractivity contribution in [2.24, 2.45) is 11.3 Å². The van der Waals surface area contributed by atoms with E-state index in [9.17, 15) is 0 Å². The minimum Gasteiger partial charge on any atom is -0.0850 e. The van der Waals surface area contributed by atoms with Gasteiger partial charge in [-0.15, -0.1) is 0 Å². The second kappa shape index (κ2) is 4.76. The lowest BCUT2D eigenvalue weighted by atomic mass is 9.64. The predicted molar refractivity (Wildman–Crippen MR) is 84.9 cm³/mol. The number of fused-ring (bicyclic) bond motifs is 4. The van der Waals surface area contributed by atoms with Gasteiger partial charge in [-0.05, 0) is 79.4 Å². The summed E-state index contributed by atoms with van der Waals surface area (Å²) in [5, 5.41) is 0. The van der Waals surface area contributed by atoms with Gasteiger partial charge >= 0.3 is 0 Å². The quantitative estimate of drug-likeness (QED) is 0.656. The molecule has 106 valence electrons. The van der Waals surface area contributed by atoms with Gasteiger partial charge in [-0.3, -0.25) is 0 Å². The highest BCUT2D eigenvalue weighted by Crippen LogP contribution is 2.58. The Morgan fingerprint density at radius 3 is 2.90 bits per heavy atom. The number of allylic oxidation sites excluding steroid dienone is 2. The summed E-state index contributed by atoms with van der Waals surface area (Å²) in [7, 11) is 0. The SMILES string of the molecule is CCCCc1ccc2c(c1)CC1(CC2)CC2=CCC1C2. The van der Waals surface area contributed by atoms with E-state index in [1.54, 1.807) is 22.3 Å². The van der Waals surface area contributed by atoms with Crippen LogP contribution in [0.3, 0.4) is 0 Å². The molecule has 1 aromatic rings. The summed E-state index contributed by atoms with van der Waals surface area (Å²) in [6.07, 6.45) is 14.8. The number of hydrogen-bond donors (Lipinski definition) is 0. The smallest absolute Gasteiger partial charge is 0.0182 e. The van der Waals surface area contributed by atoms with Crippen molar-refractivity contribution in [3.63, 3.8) is 0 Å². The molecule has 0 aliphatic heterocycles. The van der Waals surface area contributed by atoms with Gasteiger partial charge in [-0.2, -0.15) is 0 Å². The number of benzene rings is 1. The zero-order valence-corrected chi connectivity index (χ0v) is 12.8. The lowest BCUT2D eigenvalue weighted by Crippen LogP contribution is -2.33. The number of rotatable bonds is 3. The Kier molecular flexibility index (Phi) is 3.02. The van der Waals surface area contributed by atoms with Gasteiger partial charge < -0.3 is 0 Å². The highest BCUT2D eigenvalue weighted by Gasteiger charge is 2.48. The monoisotopic (exact) mass is 266 g/mol. The maximum absolute atomic E-state index is 2.55. The van der Waals surface area contributed by atoms with Crippen molar-refractivity contribution in [2.45, 2.75) is 64.7 Å². The van der Waals surface area contributed by atoms with Crippen molar-refractivity contribution in [1.29, 1.82) is 0 Å². The predicted octanol–water partition coefficient (Wildman–Crippen LogP) is 5.24. The first kappa shape index (κ1) is 12.7. The summed E-state index contributed by atoms with van der Waals surface area (Å²) >= 11 is 0. The molecule has 0 saturated heterocycles. The van der Waals surface area contributed by atoms with Gasteiger partial charge in [-0.25, -0.2) is 0 Å². The molecule has 0 radical (unpaired) electrons. The molecule has 1 fully saturated rings. The van der Waals surface area contributed by atoms with Gasteiger partial charge in [-0.1, -0.05) is 43.2 Å². The number of unbranched alkanes of at least 4 members (excludes halogenated alkanes) is 1. The van der Waals surface area contributed by atoms with Crippen LogP contribution in [-0.4, -0.2) is 0 Å². The maximum Gasteiger partial charge on any atom is -0.0182 e. The fourth-order valence-corrected chi connectivity index (χ4v) is 4.97. The van der Waals surface area contributed by atoms with Crippen LogP contribution in [0.1, 0.15) is 62.1 Å². The van der Waals surface area contributed by atoms with E-state index in [1.165, 1.54) is 57.8 Å². The molecule has 20 heavy (non-hydrogen) atoms. The Hall–Kier alpha value is -1.04. The standard InChI is InChI=1S/C20H26/c1-2-3-4-15-5-7-17-9-10-20(14-18(17)11-15)13-16-6-8-19(20)12-16/h5-7,11,19H,2-4,8-10,12-14H2,1H3. The molecule has 2 atom stereocenters. The van der Waals surface area contributed by atoms with Crippen molar-refractivity contribution in [1.82, 2.24) is 0 Å². The third kappa shape index (κ3) is 1.96. The van der Waals surface area contributed by atoms with Gasteiger partial charge in [0.2, 0.25) is 0 Å². The Morgan fingerprint density at radius 2 is 2.15 bits per heavy atom. The third-order valence-corrected chi connectivity index (χ3v) is 6.17. The van der Waals surface area contributed by atoms with E-state index in [4.69, 9.17) is 0 Å². The Balaban J connectivity index is 1.60. The molecule has 1 spiro atoms. The van der Waals surface area contributed by atoms with E-state index < -0.39 is 0 Å². The molecule has 0 amide bonds. The summed E-state index contributed by atoms with van der Waals surface area (Å²) in [5.41, 5.74) is 7.34. The summed E-state index contributed by atoms with van der Waals surface area (Å²) in [5.74, 6) is 0.977. The number of hydrogen-bond acceptors (Lipinski definition) is 0. The van der Waals surface area contributed by atoms with Gasteiger partial charge in [0, 0.05) is 0 Å². The lowest BCUT2D eigenvalue weighted by molar-refractivity contribution is 0.168.